The van der Waals surface area contributed by atoms with Crippen LogP contribution in [0.2, 0.25) is 5.02 Å². The van der Waals surface area contributed by atoms with E-state index >= 15 is 0 Å². The van der Waals surface area contributed by atoms with Gasteiger partial charge in [-0.2, -0.15) is 0 Å². The van der Waals surface area contributed by atoms with Gasteiger partial charge in [-0.15, -0.1) is 0 Å². The van der Waals surface area contributed by atoms with Gasteiger partial charge in [-0.25, -0.2) is 9.59 Å². The monoisotopic (exact) mass is 354 g/mol. The Kier molecular flexibility index (Phi) is 7.74. The van der Waals surface area contributed by atoms with Crippen molar-refractivity contribution < 1.29 is 19.8 Å². The molecule has 1 aromatic carbocycles. The van der Waals surface area contributed by atoms with Crippen LogP contribution in [0.15, 0.2) is 36.4 Å². The van der Waals surface area contributed by atoms with Crippen LogP contribution in [0.25, 0.3) is 0 Å². The Bertz CT molecular complexity index is 573. The van der Waals surface area contributed by atoms with Gasteiger partial charge in [0.05, 0.1) is 0 Å². The molecule has 1 aromatic rings. The first-order valence-corrected chi connectivity index (χ1v) is 7.95. The number of hydrogen-bond donors (Lipinski definition) is 2. The standard InChI is InChI=1S/C13H19ClN2.C4H4O4/c1-10-9-16(11(2)8-15(10)3)13-6-4-12(14)5-7-13;5-3(6)1-2-4(7)8/h4-7,10-11H,8-9H2,1-3H3;1-2H,(H,5,6)(H,7,8)/b;2-1+. The van der Waals surface area contributed by atoms with Crippen LogP contribution in [0, 0.1) is 0 Å². The number of aliphatic carboxylic acids is 2. The molecule has 132 valence electrons. The number of carbonyl (C=O) groups is 2. The van der Waals surface area contributed by atoms with Crippen molar-refractivity contribution in [3.63, 3.8) is 0 Å². The van der Waals surface area contributed by atoms with Crippen molar-refractivity contribution in [3.05, 3.63) is 41.4 Å². The molecule has 0 aromatic heterocycles. The SMILES string of the molecule is CC1CN(c2ccc(Cl)cc2)C(C)CN1C.O=C(O)/C=C/C(=O)O. The van der Waals surface area contributed by atoms with Gasteiger partial charge in [-0.05, 0) is 45.2 Å². The summed E-state index contributed by atoms with van der Waals surface area (Å²) in [6.07, 6.45) is 1.12. The molecular weight excluding hydrogens is 332 g/mol. The van der Waals surface area contributed by atoms with Crippen molar-refractivity contribution >= 4 is 29.2 Å². The predicted octanol–water partition coefficient (Wildman–Crippen LogP) is 2.58. The molecule has 0 amide bonds. The number of halogens is 1. The number of rotatable bonds is 3. The van der Waals surface area contributed by atoms with Crippen LogP contribution in [-0.4, -0.2) is 59.3 Å². The van der Waals surface area contributed by atoms with Crippen molar-refractivity contribution in [2.45, 2.75) is 25.9 Å². The van der Waals surface area contributed by atoms with E-state index in [1.807, 2.05) is 12.1 Å². The second-order valence-corrected chi connectivity index (χ2v) is 6.21. The fourth-order valence-corrected chi connectivity index (χ4v) is 2.56. The minimum Gasteiger partial charge on any atom is -0.478 e. The first kappa shape index (κ1) is 20.0. The average molecular weight is 355 g/mol. The summed E-state index contributed by atoms with van der Waals surface area (Å²) in [5.74, 6) is -2.51. The molecule has 1 aliphatic heterocycles. The Labute approximate surface area is 146 Å². The minimum absolute atomic E-state index is 0.558. The number of likely N-dealkylation sites (N-methyl/N-ethyl adjacent to an activating group) is 1. The second kappa shape index (κ2) is 9.30. The summed E-state index contributed by atoms with van der Waals surface area (Å²) in [6, 6.07) is 9.31. The molecule has 0 radical (unpaired) electrons. The lowest BCUT2D eigenvalue weighted by atomic mass is 10.1. The Morgan fingerprint density at radius 1 is 1.04 bits per heavy atom. The summed E-state index contributed by atoms with van der Waals surface area (Å²) in [5.41, 5.74) is 1.27. The third kappa shape index (κ3) is 6.60. The molecule has 1 fully saturated rings. The van der Waals surface area contributed by atoms with Gasteiger partial charge in [0.25, 0.3) is 0 Å². The number of nitrogens with zero attached hydrogens (tertiary/aromatic N) is 2. The zero-order chi connectivity index (χ0) is 18.3. The van der Waals surface area contributed by atoms with Crippen LogP contribution in [0.5, 0.6) is 0 Å². The Morgan fingerprint density at radius 2 is 1.54 bits per heavy atom. The zero-order valence-corrected chi connectivity index (χ0v) is 14.8. The van der Waals surface area contributed by atoms with Crippen LogP contribution < -0.4 is 4.90 Å². The van der Waals surface area contributed by atoms with E-state index in [0.29, 0.717) is 24.2 Å². The summed E-state index contributed by atoms with van der Waals surface area (Å²) in [6.45, 7) is 6.74. The molecule has 0 bridgehead atoms. The normalized spacial score (nSPS) is 21.2. The number of piperazine rings is 1. The van der Waals surface area contributed by atoms with Gasteiger partial charge in [0.15, 0.2) is 0 Å². The van der Waals surface area contributed by atoms with Crippen LogP contribution in [0.3, 0.4) is 0 Å². The number of carboxylic acids is 2. The molecule has 0 spiro atoms. The first-order valence-electron chi connectivity index (χ1n) is 7.57. The molecule has 24 heavy (non-hydrogen) atoms. The Morgan fingerprint density at radius 3 is 2.00 bits per heavy atom. The van der Waals surface area contributed by atoms with E-state index in [1.54, 1.807) is 0 Å². The summed E-state index contributed by atoms with van der Waals surface area (Å²) >= 11 is 5.91. The van der Waals surface area contributed by atoms with Crippen molar-refractivity contribution in [1.29, 1.82) is 0 Å². The molecule has 0 saturated carbocycles. The maximum absolute atomic E-state index is 9.55. The minimum atomic E-state index is -1.26. The number of hydrogen-bond acceptors (Lipinski definition) is 4. The van der Waals surface area contributed by atoms with E-state index in [2.05, 4.69) is 42.8 Å². The molecule has 2 unspecified atom stereocenters. The third-order valence-electron chi connectivity index (χ3n) is 3.82. The highest BCUT2D eigenvalue weighted by Gasteiger charge is 2.26. The lowest BCUT2D eigenvalue weighted by Gasteiger charge is -2.43. The van der Waals surface area contributed by atoms with Gasteiger partial charge in [0, 0.05) is 48.0 Å². The van der Waals surface area contributed by atoms with Gasteiger partial charge in [0.2, 0.25) is 0 Å². The average Bonchev–Trinajstić information content (AvgIpc) is 2.50. The van der Waals surface area contributed by atoms with E-state index in [9.17, 15) is 9.59 Å². The quantitative estimate of drug-likeness (QED) is 0.812. The fourth-order valence-electron chi connectivity index (χ4n) is 2.43. The fraction of sp³-hybridized carbons (Fsp3) is 0.412. The van der Waals surface area contributed by atoms with Crippen LogP contribution in [0.1, 0.15) is 13.8 Å². The number of carboxylic acid groups (broad SMARTS) is 2. The smallest absolute Gasteiger partial charge is 0.328 e. The van der Waals surface area contributed by atoms with Gasteiger partial charge in [-0.3, -0.25) is 4.90 Å². The first-order chi connectivity index (χ1) is 11.2. The summed E-state index contributed by atoms with van der Waals surface area (Å²) in [5, 5.41) is 16.4. The largest absolute Gasteiger partial charge is 0.478 e. The highest BCUT2D eigenvalue weighted by molar-refractivity contribution is 6.30. The highest BCUT2D eigenvalue weighted by atomic mass is 35.5. The molecule has 0 aliphatic carbocycles. The molecule has 1 saturated heterocycles. The molecule has 2 N–H and O–H groups in total. The van der Waals surface area contributed by atoms with Crippen LogP contribution >= 0.6 is 11.6 Å². The number of anilines is 1. The van der Waals surface area contributed by atoms with E-state index < -0.39 is 11.9 Å². The van der Waals surface area contributed by atoms with E-state index in [4.69, 9.17) is 21.8 Å². The maximum Gasteiger partial charge on any atom is 0.328 e. The van der Waals surface area contributed by atoms with Crippen LogP contribution in [-0.2, 0) is 9.59 Å². The zero-order valence-electron chi connectivity index (χ0n) is 14.0. The predicted molar refractivity (Wildman–Crippen MR) is 94.8 cm³/mol. The maximum atomic E-state index is 9.55. The molecule has 6 nitrogen and oxygen atoms in total. The Balaban J connectivity index is 0.000000307. The summed E-state index contributed by atoms with van der Waals surface area (Å²) in [7, 11) is 2.19. The molecule has 2 atom stereocenters. The van der Waals surface area contributed by atoms with Gasteiger partial charge >= 0.3 is 11.9 Å². The second-order valence-electron chi connectivity index (χ2n) is 5.78. The summed E-state index contributed by atoms with van der Waals surface area (Å²) in [4.78, 5) is 24.0. The molecule has 2 rings (SSSR count). The Hall–Kier alpha value is -2.05. The van der Waals surface area contributed by atoms with Gasteiger partial charge < -0.3 is 15.1 Å². The lowest BCUT2D eigenvalue weighted by molar-refractivity contribution is -0.134. The highest BCUT2D eigenvalue weighted by Crippen LogP contribution is 2.24. The van der Waals surface area contributed by atoms with Crippen molar-refractivity contribution in [2.24, 2.45) is 0 Å². The van der Waals surface area contributed by atoms with Gasteiger partial charge in [-0.1, -0.05) is 11.6 Å². The van der Waals surface area contributed by atoms with Crippen molar-refractivity contribution in [3.8, 4) is 0 Å². The van der Waals surface area contributed by atoms with Crippen molar-refractivity contribution in [2.75, 3.05) is 25.0 Å². The van der Waals surface area contributed by atoms with Crippen molar-refractivity contribution in [1.82, 2.24) is 4.90 Å². The van der Waals surface area contributed by atoms with E-state index in [1.165, 1.54) is 5.69 Å². The molecule has 1 aliphatic rings. The van der Waals surface area contributed by atoms with Crippen LogP contribution in [0.4, 0.5) is 5.69 Å². The van der Waals surface area contributed by atoms with Gasteiger partial charge in [0.1, 0.15) is 0 Å². The lowest BCUT2D eigenvalue weighted by Crippen LogP contribution is -2.55. The van der Waals surface area contributed by atoms with E-state index in [0.717, 1.165) is 18.1 Å². The number of benzene rings is 1. The third-order valence-corrected chi connectivity index (χ3v) is 4.08. The molecular formula is C17H23ClN2O4. The molecule has 7 heteroatoms. The topological polar surface area (TPSA) is 81.1 Å². The summed E-state index contributed by atoms with van der Waals surface area (Å²) < 4.78 is 0. The molecule has 1 heterocycles. The van der Waals surface area contributed by atoms with E-state index in [-0.39, 0.29) is 0 Å².